The highest BCUT2D eigenvalue weighted by Crippen LogP contribution is 2.31. The molecule has 0 bridgehead atoms. The van der Waals surface area contributed by atoms with E-state index < -0.39 is 11.7 Å². The molecule has 1 unspecified atom stereocenters. The third-order valence-corrected chi connectivity index (χ3v) is 4.89. The zero-order valence-corrected chi connectivity index (χ0v) is 15.9. The van der Waals surface area contributed by atoms with E-state index in [4.69, 9.17) is 9.47 Å². The summed E-state index contributed by atoms with van der Waals surface area (Å²) in [6, 6.07) is 14.8. The van der Waals surface area contributed by atoms with Gasteiger partial charge in [0.15, 0.2) is 17.6 Å². The topological polar surface area (TPSA) is 98.2 Å². The Bertz CT molecular complexity index is 1240. The molecule has 8 heteroatoms. The highest BCUT2D eigenvalue weighted by Gasteiger charge is 2.23. The van der Waals surface area contributed by atoms with Crippen molar-refractivity contribution in [2.45, 2.75) is 12.6 Å². The van der Waals surface area contributed by atoms with Crippen LogP contribution in [-0.4, -0.2) is 39.2 Å². The van der Waals surface area contributed by atoms with Gasteiger partial charge in [0.1, 0.15) is 6.61 Å². The van der Waals surface area contributed by atoms with Gasteiger partial charge in [-0.1, -0.05) is 30.3 Å². The highest BCUT2D eigenvalue weighted by molar-refractivity contribution is 6.48. The summed E-state index contributed by atoms with van der Waals surface area (Å²) in [6.07, 6.45) is 4.49. The molecular formula is C22H18N4O4. The number of anilines is 1. The van der Waals surface area contributed by atoms with Crippen molar-refractivity contribution in [2.24, 2.45) is 0 Å². The second-order valence-corrected chi connectivity index (χ2v) is 6.98. The monoisotopic (exact) mass is 402 g/mol. The van der Waals surface area contributed by atoms with Gasteiger partial charge in [-0.2, -0.15) is 5.10 Å². The van der Waals surface area contributed by atoms with Crippen molar-refractivity contribution in [1.82, 2.24) is 14.8 Å². The molecule has 2 aromatic heterocycles. The number of aromatic amines is 1. The van der Waals surface area contributed by atoms with Crippen LogP contribution in [-0.2, 0) is 11.3 Å². The Morgan fingerprint density at radius 2 is 1.93 bits per heavy atom. The number of carbonyl (C=O) groups excluding carboxylic acids is 2. The maximum atomic E-state index is 12.6. The van der Waals surface area contributed by atoms with Crippen molar-refractivity contribution >= 4 is 28.3 Å². The van der Waals surface area contributed by atoms with E-state index in [0.717, 1.165) is 11.3 Å². The minimum absolute atomic E-state index is 0.212. The number of nitrogens with one attached hydrogen (secondary N) is 2. The van der Waals surface area contributed by atoms with Gasteiger partial charge in [-0.25, -0.2) is 0 Å². The molecule has 1 amide bonds. The van der Waals surface area contributed by atoms with Gasteiger partial charge >= 0.3 is 0 Å². The second-order valence-electron chi connectivity index (χ2n) is 6.98. The van der Waals surface area contributed by atoms with Crippen LogP contribution in [0.3, 0.4) is 0 Å². The van der Waals surface area contributed by atoms with Crippen molar-refractivity contribution < 1.29 is 19.1 Å². The van der Waals surface area contributed by atoms with Gasteiger partial charge in [0.25, 0.3) is 11.7 Å². The van der Waals surface area contributed by atoms with E-state index in [1.54, 1.807) is 23.1 Å². The molecule has 0 saturated heterocycles. The van der Waals surface area contributed by atoms with E-state index in [0.29, 0.717) is 35.5 Å². The largest absolute Gasteiger partial charge is 0.486 e. The SMILES string of the molecule is O=C(Nc1cnn(CC2COc3ccccc3O2)c1)C(=O)c1c[nH]c2ccccc12. The van der Waals surface area contributed by atoms with Crippen LogP contribution >= 0.6 is 0 Å². The van der Waals surface area contributed by atoms with Gasteiger partial charge < -0.3 is 19.8 Å². The fourth-order valence-electron chi connectivity index (χ4n) is 3.46. The zero-order valence-electron chi connectivity index (χ0n) is 15.9. The van der Waals surface area contributed by atoms with Gasteiger partial charge in [0.2, 0.25) is 0 Å². The second kappa shape index (κ2) is 7.40. The van der Waals surface area contributed by atoms with Crippen molar-refractivity contribution in [3.05, 3.63) is 72.7 Å². The third kappa shape index (κ3) is 3.39. The molecule has 150 valence electrons. The fourth-order valence-corrected chi connectivity index (χ4v) is 3.46. The normalized spacial score (nSPS) is 15.1. The lowest BCUT2D eigenvalue weighted by molar-refractivity contribution is -0.112. The predicted octanol–water partition coefficient (Wildman–Crippen LogP) is 3.03. The average molecular weight is 402 g/mol. The summed E-state index contributed by atoms with van der Waals surface area (Å²) in [5.74, 6) is 0.0861. The Morgan fingerprint density at radius 1 is 1.13 bits per heavy atom. The van der Waals surface area contributed by atoms with Crippen LogP contribution in [0.2, 0.25) is 0 Å². The number of amides is 1. The number of rotatable bonds is 5. The van der Waals surface area contributed by atoms with Crippen LogP contribution in [0, 0.1) is 0 Å². The first kappa shape index (κ1) is 18.0. The summed E-state index contributed by atoms with van der Waals surface area (Å²) >= 11 is 0. The molecule has 1 atom stereocenters. The van der Waals surface area contributed by atoms with E-state index in [-0.39, 0.29) is 6.10 Å². The first-order valence-corrected chi connectivity index (χ1v) is 9.50. The lowest BCUT2D eigenvalue weighted by Gasteiger charge is -2.26. The van der Waals surface area contributed by atoms with Crippen LogP contribution < -0.4 is 14.8 Å². The predicted molar refractivity (Wildman–Crippen MR) is 110 cm³/mol. The lowest BCUT2D eigenvalue weighted by Crippen LogP contribution is -2.33. The minimum Gasteiger partial charge on any atom is -0.486 e. The van der Waals surface area contributed by atoms with Crippen molar-refractivity contribution in [1.29, 1.82) is 0 Å². The van der Waals surface area contributed by atoms with Crippen LogP contribution in [0.15, 0.2) is 67.1 Å². The maximum Gasteiger partial charge on any atom is 0.296 e. The molecule has 2 N–H and O–H groups in total. The highest BCUT2D eigenvalue weighted by atomic mass is 16.6. The van der Waals surface area contributed by atoms with Gasteiger partial charge in [-0.3, -0.25) is 14.3 Å². The summed E-state index contributed by atoms with van der Waals surface area (Å²) in [4.78, 5) is 28.0. The standard InChI is InChI=1S/C22H18N4O4/c27-21(17-10-23-18-6-2-1-5-16(17)18)22(28)25-14-9-24-26(11-14)12-15-13-29-19-7-3-4-8-20(19)30-15/h1-11,15,23H,12-13H2,(H,25,28). The number of benzene rings is 2. The molecule has 0 aliphatic carbocycles. The number of fused-ring (bicyclic) bond motifs is 2. The maximum absolute atomic E-state index is 12.6. The average Bonchev–Trinajstić information content (AvgIpc) is 3.40. The van der Waals surface area contributed by atoms with Crippen LogP contribution in [0.4, 0.5) is 5.69 Å². The Hall–Kier alpha value is -4.07. The van der Waals surface area contributed by atoms with Gasteiger partial charge in [-0.05, 0) is 18.2 Å². The fraction of sp³-hybridized carbons (Fsp3) is 0.136. The Morgan fingerprint density at radius 3 is 2.83 bits per heavy atom. The Kier molecular flexibility index (Phi) is 4.44. The van der Waals surface area contributed by atoms with E-state index >= 15 is 0 Å². The van der Waals surface area contributed by atoms with E-state index in [1.807, 2.05) is 42.5 Å². The van der Waals surface area contributed by atoms with Crippen molar-refractivity contribution in [3.8, 4) is 11.5 Å². The van der Waals surface area contributed by atoms with Crippen molar-refractivity contribution in [3.63, 3.8) is 0 Å². The molecule has 8 nitrogen and oxygen atoms in total. The number of nitrogens with zero attached hydrogens (tertiary/aromatic N) is 2. The Labute approximate surface area is 171 Å². The summed E-state index contributed by atoms with van der Waals surface area (Å²) in [5, 5.41) is 7.56. The molecule has 30 heavy (non-hydrogen) atoms. The molecule has 0 saturated carbocycles. The number of hydrogen-bond acceptors (Lipinski definition) is 5. The zero-order chi connectivity index (χ0) is 20.5. The first-order chi connectivity index (χ1) is 14.7. The minimum atomic E-state index is -0.717. The number of H-pyrrole nitrogens is 1. The molecule has 5 rings (SSSR count). The van der Waals surface area contributed by atoms with E-state index in [1.165, 1.54) is 6.20 Å². The summed E-state index contributed by atoms with van der Waals surface area (Å²) < 4.78 is 13.3. The third-order valence-electron chi connectivity index (χ3n) is 4.89. The van der Waals surface area contributed by atoms with Crippen LogP contribution in [0.5, 0.6) is 11.5 Å². The van der Waals surface area contributed by atoms with Crippen LogP contribution in [0.25, 0.3) is 10.9 Å². The molecule has 0 spiro atoms. The van der Waals surface area contributed by atoms with Crippen LogP contribution in [0.1, 0.15) is 10.4 Å². The number of ketones is 1. The van der Waals surface area contributed by atoms with Gasteiger partial charge in [0, 0.05) is 23.3 Å². The first-order valence-electron chi connectivity index (χ1n) is 9.50. The number of hydrogen-bond donors (Lipinski definition) is 2. The molecule has 4 aromatic rings. The number of ether oxygens (including phenoxy) is 2. The lowest BCUT2D eigenvalue weighted by atomic mass is 10.1. The van der Waals surface area contributed by atoms with E-state index in [9.17, 15) is 9.59 Å². The molecule has 1 aliphatic heterocycles. The number of aromatic nitrogens is 3. The molecule has 0 radical (unpaired) electrons. The van der Waals surface area contributed by atoms with Crippen molar-refractivity contribution in [2.75, 3.05) is 11.9 Å². The number of para-hydroxylation sites is 3. The number of carbonyl (C=O) groups is 2. The smallest absolute Gasteiger partial charge is 0.296 e. The van der Waals surface area contributed by atoms with Gasteiger partial charge in [0.05, 0.1) is 24.0 Å². The molecular weight excluding hydrogens is 384 g/mol. The molecule has 3 heterocycles. The number of Topliss-reactive ketones (excluding diaryl/α,β-unsaturated/α-hetero) is 1. The van der Waals surface area contributed by atoms with E-state index in [2.05, 4.69) is 15.4 Å². The van der Waals surface area contributed by atoms with Gasteiger partial charge in [-0.15, -0.1) is 0 Å². The quantitative estimate of drug-likeness (QED) is 0.395. The molecule has 2 aromatic carbocycles. The molecule has 0 fully saturated rings. The summed E-state index contributed by atoms with van der Waals surface area (Å²) in [5.41, 5.74) is 1.57. The summed E-state index contributed by atoms with van der Waals surface area (Å²) in [7, 11) is 0. The molecule has 1 aliphatic rings. The Balaban J connectivity index is 1.24. The summed E-state index contributed by atoms with van der Waals surface area (Å²) in [6.45, 7) is 0.845.